The van der Waals surface area contributed by atoms with Crippen molar-refractivity contribution in [3.8, 4) is 0 Å². The van der Waals surface area contributed by atoms with Crippen molar-refractivity contribution >= 4 is 11.6 Å². The highest BCUT2D eigenvalue weighted by molar-refractivity contribution is 5.45. The zero-order valence-corrected chi connectivity index (χ0v) is 8.83. The summed E-state index contributed by atoms with van der Waals surface area (Å²) in [7, 11) is 0. The molecule has 0 amide bonds. The standard InChI is InChI=1S/C9H13F3N4/c1-2-3-16(5-9(10,11)12)8-4-7(13)14-6-15-8/h4,6H,2-3,5H2,1H3,(H2,13,14,15). The van der Waals surface area contributed by atoms with Gasteiger partial charge in [0.05, 0.1) is 0 Å². The van der Waals surface area contributed by atoms with E-state index in [1.54, 1.807) is 6.92 Å². The molecule has 1 aromatic rings. The maximum Gasteiger partial charge on any atom is 0.405 e. The van der Waals surface area contributed by atoms with Crippen molar-refractivity contribution in [2.75, 3.05) is 23.7 Å². The summed E-state index contributed by atoms with van der Waals surface area (Å²) < 4.78 is 36.9. The summed E-state index contributed by atoms with van der Waals surface area (Å²) in [5, 5.41) is 0. The molecule has 0 bridgehead atoms. The van der Waals surface area contributed by atoms with Gasteiger partial charge in [-0.1, -0.05) is 6.92 Å². The maximum absolute atomic E-state index is 12.3. The minimum atomic E-state index is -4.26. The van der Waals surface area contributed by atoms with Gasteiger partial charge in [0.2, 0.25) is 0 Å². The van der Waals surface area contributed by atoms with Crippen molar-refractivity contribution in [1.82, 2.24) is 9.97 Å². The molecular weight excluding hydrogens is 221 g/mol. The molecule has 0 spiro atoms. The van der Waals surface area contributed by atoms with E-state index in [2.05, 4.69) is 9.97 Å². The fourth-order valence-electron chi connectivity index (χ4n) is 1.30. The highest BCUT2D eigenvalue weighted by Crippen LogP contribution is 2.21. The second-order valence-electron chi connectivity index (χ2n) is 3.34. The van der Waals surface area contributed by atoms with Crippen LogP contribution in [-0.2, 0) is 0 Å². The highest BCUT2D eigenvalue weighted by Gasteiger charge is 2.31. The van der Waals surface area contributed by atoms with Crippen molar-refractivity contribution in [2.24, 2.45) is 0 Å². The normalized spacial score (nSPS) is 11.5. The van der Waals surface area contributed by atoms with Crippen molar-refractivity contribution in [2.45, 2.75) is 19.5 Å². The van der Waals surface area contributed by atoms with Crippen molar-refractivity contribution < 1.29 is 13.2 Å². The number of hydrogen-bond acceptors (Lipinski definition) is 4. The zero-order valence-electron chi connectivity index (χ0n) is 8.83. The van der Waals surface area contributed by atoms with Crippen LogP contribution in [0.2, 0.25) is 0 Å². The second-order valence-corrected chi connectivity index (χ2v) is 3.34. The number of anilines is 2. The molecule has 7 heteroatoms. The summed E-state index contributed by atoms with van der Waals surface area (Å²) in [5.74, 6) is 0.361. The van der Waals surface area contributed by atoms with E-state index in [1.165, 1.54) is 6.07 Å². The lowest BCUT2D eigenvalue weighted by molar-refractivity contribution is -0.119. The van der Waals surface area contributed by atoms with Crippen LogP contribution in [0.25, 0.3) is 0 Å². The first kappa shape index (κ1) is 12.5. The zero-order chi connectivity index (χ0) is 12.2. The van der Waals surface area contributed by atoms with Gasteiger partial charge in [0.25, 0.3) is 0 Å². The minimum Gasteiger partial charge on any atom is -0.384 e. The number of rotatable bonds is 4. The van der Waals surface area contributed by atoms with E-state index in [0.29, 0.717) is 6.42 Å². The number of halogens is 3. The largest absolute Gasteiger partial charge is 0.405 e. The molecule has 2 N–H and O–H groups in total. The molecule has 0 aromatic carbocycles. The molecular formula is C9H13F3N4. The van der Waals surface area contributed by atoms with Gasteiger partial charge in [-0.05, 0) is 6.42 Å². The highest BCUT2D eigenvalue weighted by atomic mass is 19.4. The first-order valence-corrected chi connectivity index (χ1v) is 4.81. The van der Waals surface area contributed by atoms with Crippen molar-refractivity contribution in [3.05, 3.63) is 12.4 Å². The van der Waals surface area contributed by atoms with Gasteiger partial charge in [-0.25, -0.2) is 9.97 Å². The van der Waals surface area contributed by atoms with Crippen LogP contribution >= 0.6 is 0 Å². The molecule has 0 atom stereocenters. The number of nitrogen functional groups attached to an aromatic ring is 1. The number of nitrogens with zero attached hydrogens (tertiary/aromatic N) is 3. The molecule has 1 aromatic heterocycles. The van der Waals surface area contributed by atoms with Gasteiger partial charge in [-0.15, -0.1) is 0 Å². The number of hydrogen-bond donors (Lipinski definition) is 1. The molecule has 1 rings (SSSR count). The quantitative estimate of drug-likeness (QED) is 0.863. The lowest BCUT2D eigenvalue weighted by atomic mass is 10.3. The van der Waals surface area contributed by atoms with E-state index in [1.807, 2.05) is 0 Å². The predicted octanol–water partition coefficient (Wildman–Crippen LogP) is 1.84. The van der Waals surface area contributed by atoms with Crippen molar-refractivity contribution in [3.63, 3.8) is 0 Å². The summed E-state index contributed by atoms with van der Waals surface area (Å²) in [6, 6.07) is 1.33. The van der Waals surface area contributed by atoms with Crippen molar-refractivity contribution in [1.29, 1.82) is 0 Å². The van der Waals surface area contributed by atoms with Gasteiger partial charge < -0.3 is 10.6 Å². The summed E-state index contributed by atoms with van der Waals surface area (Å²) in [5.41, 5.74) is 5.40. The lowest BCUT2D eigenvalue weighted by Gasteiger charge is -2.24. The topological polar surface area (TPSA) is 55.0 Å². The molecule has 0 radical (unpaired) electrons. The number of aromatic nitrogens is 2. The van der Waals surface area contributed by atoms with Crippen LogP contribution < -0.4 is 10.6 Å². The van der Waals surface area contributed by atoms with Gasteiger partial charge in [0, 0.05) is 12.6 Å². The Hall–Kier alpha value is -1.53. The van der Waals surface area contributed by atoms with Crippen LogP contribution in [0.15, 0.2) is 12.4 Å². The maximum atomic E-state index is 12.3. The van der Waals surface area contributed by atoms with E-state index >= 15 is 0 Å². The molecule has 16 heavy (non-hydrogen) atoms. The lowest BCUT2D eigenvalue weighted by Crippen LogP contribution is -2.35. The SMILES string of the molecule is CCCN(CC(F)(F)F)c1cc(N)ncn1. The van der Waals surface area contributed by atoms with Gasteiger partial charge in [0.15, 0.2) is 0 Å². The predicted molar refractivity (Wildman–Crippen MR) is 55.0 cm³/mol. The van der Waals surface area contributed by atoms with E-state index in [0.717, 1.165) is 11.2 Å². The average molecular weight is 234 g/mol. The third-order valence-corrected chi connectivity index (χ3v) is 1.86. The van der Waals surface area contributed by atoms with Crippen LogP contribution in [0.3, 0.4) is 0 Å². The molecule has 90 valence electrons. The molecule has 0 aliphatic carbocycles. The second kappa shape index (κ2) is 5.00. The molecule has 1 heterocycles. The molecule has 0 fully saturated rings. The van der Waals surface area contributed by atoms with Crippen LogP contribution in [0.4, 0.5) is 24.8 Å². The first-order valence-electron chi connectivity index (χ1n) is 4.81. The van der Waals surface area contributed by atoms with Gasteiger partial charge in [-0.3, -0.25) is 0 Å². The van der Waals surface area contributed by atoms with Crippen LogP contribution in [0, 0.1) is 0 Å². The molecule has 4 nitrogen and oxygen atoms in total. The van der Waals surface area contributed by atoms with Gasteiger partial charge in [-0.2, -0.15) is 13.2 Å². The molecule has 0 saturated carbocycles. The fourth-order valence-corrected chi connectivity index (χ4v) is 1.30. The fraction of sp³-hybridized carbons (Fsp3) is 0.556. The molecule has 0 saturated heterocycles. The van der Waals surface area contributed by atoms with E-state index in [4.69, 9.17) is 5.73 Å². The Labute approximate surface area is 91.3 Å². The van der Waals surface area contributed by atoms with Gasteiger partial charge >= 0.3 is 6.18 Å². The summed E-state index contributed by atoms with van der Waals surface area (Å²) in [6.45, 7) is 1.04. The molecule has 0 unspecified atom stereocenters. The van der Waals surface area contributed by atoms with E-state index < -0.39 is 12.7 Å². The van der Waals surface area contributed by atoms with Crippen LogP contribution in [0.5, 0.6) is 0 Å². The van der Waals surface area contributed by atoms with Crippen LogP contribution in [-0.4, -0.2) is 29.2 Å². The Bertz CT molecular complexity index is 340. The Morgan fingerprint density at radius 3 is 2.56 bits per heavy atom. The van der Waals surface area contributed by atoms with E-state index in [-0.39, 0.29) is 18.2 Å². The summed E-state index contributed by atoms with van der Waals surface area (Å²) in [4.78, 5) is 8.55. The smallest absolute Gasteiger partial charge is 0.384 e. The Morgan fingerprint density at radius 2 is 2.06 bits per heavy atom. The molecule has 0 aliphatic rings. The Balaban J connectivity index is 2.85. The summed E-state index contributed by atoms with van der Waals surface area (Å²) >= 11 is 0. The van der Waals surface area contributed by atoms with E-state index in [9.17, 15) is 13.2 Å². The van der Waals surface area contributed by atoms with Crippen LogP contribution in [0.1, 0.15) is 13.3 Å². The Morgan fingerprint density at radius 1 is 1.38 bits per heavy atom. The molecule has 0 aliphatic heterocycles. The Kier molecular flexibility index (Phi) is 3.92. The number of alkyl halides is 3. The minimum absolute atomic E-state index is 0.160. The first-order chi connectivity index (χ1) is 7.42. The monoisotopic (exact) mass is 234 g/mol. The number of nitrogens with two attached hydrogens (primary N) is 1. The third kappa shape index (κ3) is 3.92. The van der Waals surface area contributed by atoms with Gasteiger partial charge in [0.1, 0.15) is 24.5 Å². The average Bonchev–Trinajstić information content (AvgIpc) is 2.15. The third-order valence-electron chi connectivity index (χ3n) is 1.86. The summed E-state index contributed by atoms with van der Waals surface area (Å²) in [6.07, 6.45) is -2.50.